The summed E-state index contributed by atoms with van der Waals surface area (Å²) in [5.74, 6) is -0.989. The lowest BCUT2D eigenvalue weighted by molar-refractivity contribution is -0.137. The van der Waals surface area contributed by atoms with E-state index in [0.29, 0.717) is 18.5 Å². The van der Waals surface area contributed by atoms with Gasteiger partial charge in [0.1, 0.15) is 6.54 Å². The van der Waals surface area contributed by atoms with Crippen molar-refractivity contribution in [3.05, 3.63) is 59.2 Å². The molecule has 28 heavy (non-hydrogen) atoms. The molecule has 0 saturated heterocycles. The topological polar surface area (TPSA) is 49.4 Å². The summed E-state index contributed by atoms with van der Waals surface area (Å²) in [7, 11) is 0. The van der Waals surface area contributed by atoms with Crippen LogP contribution in [-0.4, -0.2) is 18.4 Å². The Morgan fingerprint density at radius 1 is 1.00 bits per heavy atom. The molecule has 0 atom stereocenters. The number of carbonyl (C=O) groups excluding carboxylic acids is 2. The highest BCUT2D eigenvalue weighted by Crippen LogP contribution is 2.31. The van der Waals surface area contributed by atoms with Gasteiger partial charge in [0, 0.05) is 18.3 Å². The Kier molecular flexibility index (Phi) is 6.83. The number of nitrogens with one attached hydrogen (secondary N) is 1. The fraction of sp³-hybridized carbons (Fsp3) is 0.333. The van der Waals surface area contributed by atoms with Gasteiger partial charge in [0.25, 0.3) is 0 Å². The maximum absolute atomic E-state index is 13.0. The van der Waals surface area contributed by atoms with Crippen LogP contribution < -0.4 is 10.2 Å². The number of hydrogen-bond donors (Lipinski definition) is 1. The number of para-hydroxylation sites is 1. The van der Waals surface area contributed by atoms with Gasteiger partial charge in [-0.05, 0) is 42.2 Å². The molecule has 0 unspecified atom stereocenters. The van der Waals surface area contributed by atoms with Crippen LogP contribution in [0.5, 0.6) is 0 Å². The molecule has 0 saturated carbocycles. The van der Waals surface area contributed by atoms with Crippen LogP contribution in [-0.2, 0) is 28.6 Å². The van der Waals surface area contributed by atoms with E-state index in [1.807, 2.05) is 32.0 Å². The lowest BCUT2D eigenvalue weighted by Crippen LogP contribution is -2.37. The van der Waals surface area contributed by atoms with Crippen LogP contribution in [0.2, 0.25) is 0 Å². The molecule has 0 spiro atoms. The lowest BCUT2D eigenvalue weighted by atomic mass is 10.0. The smallest absolute Gasteiger partial charge is 0.324 e. The molecule has 2 aromatic carbocycles. The number of hydrogen-bond acceptors (Lipinski definition) is 2. The Balaban J connectivity index is 2.27. The minimum Gasteiger partial charge on any atom is -0.324 e. The first-order chi connectivity index (χ1) is 13.2. The van der Waals surface area contributed by atoms with E-state index < -0.39 is 23.6 Å². The van der Waals surface area contributed by atoms with Crippen LogP contribution in [0.3, 0.4) is 0 Å². The number of carbonyl (C=O) groups is 2. The maximum Gasteiger partial charge on any atom is 0.416 e. The minimum atomic E-state index is -4.53. The molecule has 150 valence electrons. The molecule has 1 N–H and O–H groups in total. The van der Waals surface area contributed by atoms with E-state index in [4.69, 9.17) is 0 Å². The molecule has 0 aliphatic rings. The van der Waals surface area contributed by atoms with Gasteiger partial charge < -0.3 is 10.2 Å². The maximum atomic E-state index is 13.0. The highest BCUT2D eigenvalue weighted by Gasteiger charge is 2.31. The molecular formula is C21H23F3N2O2. The lowest BCUT2D eigenvalue weighted by Gasteiger charge is -2.22. The SMILES string of the molecule is CCc1cccc(CC)c1NC(=O)CN(C(C)=O)c1cccc(C(F)(F)F)c1. The number of halogens is 3. The number of rotatable bonds is 6. The number of aryl methyl sites for hydroxylation is 2. The first-order valence-corrected chi connectivity index (χ1v) is 9.03. The van der Waals surface area contributed by atoms with E-state index in [0.717, 1.165) is 28.2 Å². The van der Waals surface area contributed by atoms with E-state index in [-0.39, 0.29) is 12.2 Å². The van der Waals surface area contributed by atoms with E-state index in [1.54, 1.807) is 0 Å². The van der Waals surface area contributed by atoms with E-state index in [9.17, 15) is 22.8 Å². The van der Waals surface area contributed by atoms with Crippen LogP contribution in [0.4, 0.5) is 24.5 Å². The summed E-state index contributed by atoms with van der Waals surface area (Å²) in [5, 5.41) is 2.83. The number of alkyl halides is 3. The van der Waals surface area contributed by atoms with Gasteiger partial charge in [-0.15, -0.1) is 0 Å². The van der Waals surface area contributed by atoms with Crippen LogP contribution in [0.25, 0.3) is 0 Å². The summed E-state index contributed by atoms with van der Waals surface area (Å²) in [6.45, 7) is 4.77. The van der Waals surface area contributed by atoms with Crippen LogP contribution >= 0.6 is 0 Å². The van der Waals surface area contributed by atoms with Crippen molar-refractivity contribution in [2.45, 2.75) is 39.8 Å². The Morgan fingerprint density at radius 3 is 2.07 bits per heavy atom. The summed E-state index contributed by atoms with van der Waals surface area (Å²) in [5.41, 5.74) is 1.77. The zero-order valence-electron chi connectivity index (χ0n) is 16.1. The van der Waals surface area contributed by atoms with Crippen molar-refractivity contribution >= 4 is 23.2 Å². The average Bonchev–Trinajstić information content (AvgIpc) is 2.65. The van der Waals surface area contributed by atoms with Crippen molar-refractivity contribution in [3.8, 4) is 0 Å². The Hall–Kier alpha value is -2.83. The van der Waals surface area contributed by atoms with Gasteiger partial charge in [-0.25, -0.2) is 0 Å². The number of nitrogens with zero attached hydrogens (tertiary/aromatic N) is 1. The van der Waals surface area contributed by atoms with E-state index >= 15 is 0 Å². The van der Waals surface area contributed by atoms with Crippen LogP contribution in [0.15, 0.2) is 42.5 Å². The van der Waals surface area contributed by atoms with Gasteiger partial charge >= 0.3 is 6.18 Å². The molecule has 2 amide bonds. The highest BCUT2D eigenvalue weighted by molar-refractivity contribution is 6.02. The normalized spacial score (nSPS) is 11.2. The predicted molar refractivity (Wildman–Crippen MR) is 103 cm³/mol. The second kappa shape index (κ2) is 8.91. The van der Waals surface area contributed by atoms with Crippen LogP contribution in [0, 0.1) is 0 Å². The molecule has 7 heteroatoms. The van der Waals surface area contributed by atoms with Crippen molar-refractivity contribution in [2.24, 2.45) is 0 Å². The fourth-order valence-electron chi connectivity index (χ4n) is 2.96. The molecule has 2 rings (SSSR count). The molecule has 0 aliphatic carbocycles. The third-order valence-electron chi connectivity index (χ3n) is 4.43. The summed E-state index contributed by atoms with van der Waals surface area (Å²) < 4.78 is 38.9. The van der Waals surface area contributed by atoms with Gasteiger partial charge in [0.05, 0.1) is 5.56 Å². The summed E-state index contributed by atoms with van der Waals surface area (Å²) in [4.78, 5) is 25.6. The third kappa shape index (κ3) is 5.12. The molecule has 0 aromatic heterocycles. The number of benzene rings is 2. The molecule has 0 heterocycles. The second-order valence-electron chi connectivity index (χ2n) is 6.36. The van der Waals surface area contributed by atoms with E-state index in [1.165, 1.54) is 19.1 Å². The fourth-order valence-corrected chi connectivity index (χ4v) is 2.96. The Bertz CT molecular complexity index is 841. The standard InChI is InChI=1S/C21H23F3N2O2/c1-4-15-8-6-9-16(5-2)20(15)25-19(28)13-26(14(3)27)18-11-7-10-17(12-18)21(22,23)24/h6-12H,4-5,13H2,1-3H3,(H,25,28). The minimum absolute atomic E-state index is 0.0250. The molecule has 0 radical (unpaired) electrons. The Labute approximate surface area is 162 Å². The van der Waals surface area contributed by atoms with Crippen molar-refractivity contribution < 1.29 is 22.8 Å². The molecule has 2 aromatic rings. The average molecular weight is 392 g/mol. The summed E-state index contributed by atoms with van der Waals surface area (Å²) >= 11 is 0. The van der Waals surface area contributed by atoms with Gasteiger partial charge in [-0.3, -0.25) is 9.59 Å². The third-order valence-corrected chi connectivity index (χ3v) is 4.43. The van der Waals surface area contributed by atoms with E-state index in [2.05, 4.69) is 5.32 Å². The molecular weight excluding hydrogens is 369 g/mol. The number of amides is 2. The van der Waals surface area contributed by atoms with Gasteiger partial charge in [-0.1, -0.05) is 38.1 Å². The summed E-state index contributed by atoms with van der Waals surface area (Å²) in [6, 6.07) is 10.1. The van der Waals surface area contributed by atoms with Crippen molar-refractivity contribution in [1.29, 1.82) is 0 Å². The van der Waals surface area contributed by atoms with Crippen molar-refractivity contribution in [2.75, 3.05) is 16.8 Å². The molecule has 4 nitrogen and oxygen atoms in total. The largest absolute Gasteiger partial charge is 0.416 e. The molecule has 0 aliphatic heterocycles. The van der Waals surface area contributed by atoms with Gasteiger partial charge in [-0.2, -0.15) is 13.2 Å². The van der Waals surface area contributed by atoms with Crippen LogP contribution in [0.1, 0.15) is 37.5 Å². The zero-order chi connectivity index (χ0) is 20.9. The van der Waals surface area contributed by atoms with Gasteiger partial charge in [0.15, 0.2) is 0 Å². The molecule has 0 bridgehead atoms. The summed E-state index contributed by atoms with van der Waals surface area (Å²) in [6.07, 6.45) is -3.10. The zero-order valence-corrected chi connectivity index (χ0v) is 16.1. The Morgan fingerprint density at radius 2 is 1.57 bits per heavy atom. The predicted octanol–water partition coefficient (Wildman–Crippen LogP) is 4.82. The first kappa shape index (κ1) is 21.5. The quantitative estimate of drug-likeness (QED) is 0.766. The van der Waals surface area contributed by atoms with Crippen molar-refractivity contribution in [1.82, 2.24) is 0 Å². The van der Waals surface area contributed by atoms with Gasteiger partial charge in [0.2, 0.25) is 11.8 Å². The van der Waals surface area contributed by atoms with Crippen molar-refractivity contribution in [3.63, 3.8) is 0 Å². The highest BCUT2D eigenvalue weighted by atomic mass is 19.4. The monoisotopic (exact) mass is 392 g/mol. The first-order valence-electron chi connectivity index (χ1n) is 9.03. The number of anilines is 2. The molecule has 0 fully saturated rings. The second-order valence-corrected chi connectivity index (χ2v) is 6.36.